The third kappa shape index (κ3) is 2.43. The molecule has 2 N–H and O–H groups in total. The molecular weight excluding hydrogens is 182 g/mol. The lowest BCUT2D eigenvalue weighted by Gasteiger charge is -2.38. The number of nitrogens with zero attached hydrogens (tertiary/aromatic N) is 2. The van der Waals surface area contributed by atoms with E-state index in [-0.39, 0.29) is 11.9 Å². The van der Waals surface area contributed by atoms with Gasteiger partial charge in [-0.15, -0.1) is 0 Å². The van der Waals surface area contributed by atoms with Crippen LogP contribution in [-0.2, 0) is 9.53 Å². The van der Waals surface area contributed by atoms with Crippen molar-refractivity contribution in [3.63, 3.8) is 0 Å². The highest BCUT2D eigenvalue weighted by Crippen LogP contribution is 2.08. The summed E-state index contributed by atoms with van der Waals surface area (Å²) in [5.41, 5.74) is 5.59. The first kappa shape index (κ1) is 11.4. The number of piperazine rings is 1. The summed E-state index contributed by atoms with van der Waals surface area (Å²) in [5.74, 6) is 0.120. The Morgan fingerprint density at radius 2 is 2.29 bits per heavy atom. The van der Waals surface area contributed by atoms with Crippen LogP contribution in [0, 0.1) is 0 Å². The minimum atomic E-state index is -0.163. The van der Waals surface area contributed by atoms with Crippen LogP contribution in [0.2, 0.25) is 0 Å². The summed E-state index contributed by atoms with van der Waals surface area (Å²) in [6.45, 7) is 3.46. The number of amides is 1. The fourth-order valence-electron chi connectivity index (χ4n) is 1.68. The molecule has 0 bridgehead atoms. The maximum Gasteiger partial charge on any atom is 0.241 e. The SMILES string of the molecule is COCCN1CCN(C)C(=O)C1CN. The first-order valence-corrected chi connectivity index (χ1v) is 4.88. The van der Waals surface area contributed by atoms with Crippen LogP contribution in [0.4, 0.5) is 0 Å². The van der Waals surface area contributed by atoms with E-state index in [0.717, 1.165) is 19.6 Å². The Hall–Kier alpha value is -0.650. The molecule has 14 heavy (non-hydrogen) atoms. The summed E-state index contributed by atoms with van der Waals surface area (Å²) in [6, 6.07) is -0.163. The van der Waals surface area contributed by atoms with Crippen molar-refractivity contribution in [1.29, 1.82) is 0 Å². The number of nitrogens with two attached hydrogens (primary N) is 1. The van der Waals surface area contributed by atoms with Gasteiger partial charge in [0, 0.05) is 40.3 Å². The van der Waals surface area contributed by atoms with Crippen LogP contribution in [0.5, 0.6) is 0 Å². The van der Waals surface area contributed by atoms with Crippen molar-refractivity contribution in [1.82, 2.24) is 9.80 Å². The molecule has 0 aromatic rings. The van der Waals surface area contributed by atoms with Crippen molar-refractivity contribution < 1.29 is 9.53 Å². The number of rotatable bonds is 4. The van der Waals surface area contributed by atoms with Gasteiger partial charge >= 0.3 is 0 Å². The van der Waals surface area contributed by atoms with Crippen molar-refractivity contribution in [2.75, 3.05) is 46.9 Å². The molecule has 0 aliphatic carbocycles. The molecule has 0 aromatic heterocycles. The quantitative estimate of drug-likeness (QED) is 0.616. The normalized spacial score (nSPS) is 24.4. The number of hydrogen-bond donors (Lipinski definition) is 1. The van der Waals surface area contributed by atoms with E-state index in [1.807, 2.05) is 7.05 Å². The van der Waals surface area contributed by atoms with Crippen molar-refractivity contribution in [3.05, 3.63) is 0 Å². The number of carbonyl (C=O) groups is 1. The summed E-state index contributed by atoms with van der Waals surface area (Å²) in [5, 5.41) is 0. The van der Waals surface area contributed by atoms with E-state index < -0.39 is 0 Å². The van der Waals surface area contributed by atoms with Gasteiger partial charge in [0.15, 0.2) is 0 Å². The van der Waals surface area contributed by atoms with Gasteiger partial charge < -0.3 is 15.4 Å². The second-order valence-electron chi connectivity index (χ2n) is 3.54. The Kier molecular flexibility index (Phi) is 4.31. The smallest absolute Gasteiger partial charge is 0.241 e. The zero-order valence-electron chi connectivity index (χ0n) is 8.90. The fourth-order valence-corrected chi connectivity index (χ4v) is 1.68. The van der Waals surface area contributed by atoms with E-state index in [0.29, 0.717) is 13.2 Å². The lowest BCUT2D eigenvalue weighted by molar-refractivity contribution is -0.139. The highest BCUT2D eigenvalue weighted by molar-refractivity contribution is 5.82. The second kappa shape index (κ2) is 5.29. The highest BCUT2D eigenvalue weighted by Gasteiger charge is 2.31. The topological polar surface area (TPSA) is 58.8 Å². The lowest BCUT2D eigenvalue weighted by atomic mass is 10.1. The predicted molar refractivity (Wildman–Crippen MR) is 53.9 cm³/mol. The molecule has 0 aromatic carbocycles. The predicted octanol–water partition coefficient (Wildman–Crippen LogP) is -1.27. The largest absolute Gasteiger partial charge is 0.383 e. The maximum atomic E-state index is 11.7. The van der Waals surface area contributed by atoms with Crippen molar-refractivity contribution in [2.45, 2.75) is 6.04 Å². The monoisotopic (exact) mass is 201 g/mol. The minimum absolute atomic E-state index is 0.120. The van der Waals surface area contributed by atoms with Gasteiger partial charge in [-0.2, -0.15) is 0 Å². The van der Waals surface area contributed by atoms with Crippen LogP contribution in [0.25, 0.3) is 0 Å². The van der Waals surface area contributed by atoms with Crippen molar-refractivity contribution >= 4 is 5.91 Å². The van der Waals surface area contributed by atoms with Crippen molar-refractivity contribution in [2.24, 2.45) is 5.73 Å². The molecule has 1 saturated heterocycles. The molecule has 1 heterocycles. The van der Waals surface area contributed by atoms with Gasteiger partial charge in [-0.05, 0) is 0 Å². The molecular formula is C9H19N3O2. The molecule has 1 fully saturated rings. The summed E-state index contributed by atoms with van der Waals surface area (Å²) in [6.07, 6.45) is 0. The maximum absolute atomic E-state index is 11.7. The molecule has 1 amide bonds. The molecule has 0 radical (unpaired) electrons. The molecule has 5 heteroatoms. The molecule has 1 aliphatic rings. The Bertz CT molecular complexity index is 196. The number of carbonyl (C=O) groups excluding carboxylic acids is 1. The zero-order valence-corrected chi connectivity index (χ0v) is 8.90. The highest BCUT2D eigenvalue weighted by atomic mass is 16.5. The number of likely N-dealkylation sites (N-methyl/N-ethyl adjacent to an activating group) is 1. The van der Waals surface area contributed by atoms with Crippen LogP contribution in [-0.4, -0.2) is 68.7 Å². The third-order valence-electron chi connectivity index (χ3n) is 2.63. The van der Waals surface area contributed by atoms with E-state index in [2.05, 4.69) is 4.90 Å². The molecule has 0 spiro atoms. The van der Waals surface area contributed by atoms with E-state index in [1.165, 1.54) is 0 Å². The van der Waals surface area contributed by atoms with Gasteiger partial charge in [0.25, 0.3) is 0 Å². The van der Waals surface area contributed by atoms with Gasteiger partial charge in [-0.25, -0.2) is 0 Å². The Labute approximate surface area is 84.8 Å². The van der Waals surface area contributed by atoms with Gasteiger partial charge in [0.05, 0.1) is 6.61 Å². The zero-order chi connectivity index (χ0) is 10.6. The van der Waals surface area contributed by atoms with Gasteiger partial charge in [-0.3, -0.25) is 9.69 Å². The average Bonchev–Trinajstić information content (AvgIpc) is 2.20. The first-order chi connectivity index (χ1) is 6.70. The van der Waals surface area contributed by atoms with Gasteiger partial charge in [0.2, 0.25) is 5.91 Å². The van der Waals surface area contributed by atoms with E-state index in [1.54, 1.807) is 12.0 Å². The summed E-state index contributed by atoms with van der Waals surface area (Å²) >= 11 is 0. The lowest BCUT2D eigenvalue weighted by Crippen LogP contribution is -2.59. The minimum Gasteiger partial charge on any atom is -0.383 e. The van der Waals surface area contributed by atoms with E-state index >= 15 is 0 Å². The molecule has 1 rings (SSSR count). The van der Waals surface area contributed by atoms with E-state index in [4.69, 9.17) is 10.5 Å². The molecule has 1 unspecified atom stereocenters. The van der Waals surface area contributed by atoms with Crippen LogP contribution < -0.4 is 5.73 Å². The second-order valence-corrected chi connectivity index (χ2v) is 3.54. The molecule has 5 nitrogen and oxygen atoms in total. The Morgan fingerprint density at radius 3 is 2.86 bits per heavy atom. The number of hydrogen-bond acceptors (Lipinski definition) is 4. The van der Waals surface area contributed by atoms with Crippen LogP contribution in [0.1, 0.15) is 0 Å². The Morgan fingerprint density at radius 1 is 1.57 bits per heavy atom. The molecule has 82 valence electrons. The summed E-state index contributed by atoms with van der Waals surface area (Å²) in [4.78, 5) is 15.5. The first-order valence-electron chi connectivity index (χ1n) is 4.88. The summed E-state index contributed by atoms with van der Waals surface area (Å²) in [7, 11) is 3.48. The van der Waals surface area contributed by atoms with Gasteiger partial charge in [-0.1, -0.05) is 0 Å². The van der Waals surface area contributed by atoms with E-state index in [9.17, 15) is 4.79 Å². The van der Waals surface area contributed by atoms with Crippen LogP contribution in [0.3, 0.4) is 0 Å². The molecule has 1 atom stereocenters. The Balaban J connectivity index is 2.53. The van der Waals surface area contributed by atoms with Crippen molar-refractivity contribution in [3.8, 4) is 0 Å². The number of ether oxygens (including phenoxy) is 1. The van der Waals surface area contributed by atoms with Gasteiger partial charge in [0.1, 0.15) is 6.04 Å². The average molecular weight is 201 g/mol. The summed E-state index contributed by atoms with van der Waals surface area (Å²) < 4.78 is 4.99. The third-order valence-corrected chi connectivity index (χ3v) is 2.63. The fraction of sp³-hybridized carbons (Fsp3) is 0.889. The van der Waals surface area contributed by atoms with Crippen LogP contribution in [0.15, 0.2) is 0 Å². The standard InChI is InChI=1S/C9H19N3O2/c1-11-3-4-12(5-6-14-2)8(7-10)9(11)13/h8H,3-7,10H2,1-2H3. The number of methoxy groups -OCH3 is 1. The molecule has 0 saturated carbocycles. The van der Waals surface area contributed by atoms with Crippen LogP contribution >= 0.6 is 0 Å². The molecule has 1 aliphatic heterocycles.